The van der Waals surface area contributed by atoms with Gasteiger partial charge in [-0.15, -0.1) is 0 Å². The second-order valence-electron chi connectivity index (χ2n) is 7.69. The van der Waals surface area contributed by atoms with Crippen LogP contribution in [0.5, 0.6) is 0 Å². The first-order valence-electron chi connectivity index (χ1n) is 10.4. The number of nitrogens with zero attached hydrogens (tertiary/aromatic N) is 2. The largest absolute Gasteiger partial charge is 0.354 e. The van der Waals surface area contributed by atoms with Crippen LogP contribution in [0, 0.1) is 12.7 Å². The molecule has 174 valence electrons. The third-order valence-corrected chi connectivity index (χ3v) is 6.89. The van der Waals surface area contributed by atoms with Gasteiger partial charge in [-0.2, -0.15) is 4.31 Å². The van der Waals surface area contributed by atoms with Gasteiger partial charge in [-0.05, 0) is 50.1 Å². The predicted molar refractivity (Wildman–Crippen MR) is 121 cm³/mol. The molecule has 0 heterocycles. The van der Waals surface area contributed by atoms with Crippen molar-refractivity contribution in [2.45, 2.75) is 44.7 Å². The monoisotopic (exact) mass is 463 g/mol. The summed E-state index contributed by atoms with van der Waals surface area (Å²) in [5.74, 6) is -1.29. The molecule has 1 N–H and O–H groups in total. The fraction of sp³-hybridized carbons (Fsp3) is 0.391. The van der Waals surface area contributed by atoms with Crippen LogP contribution in [0.1, 0.15) is 31.4 Å². The predicted octanol–water partition coefficient (Wildman–Crippen LogP) is 2.70. The molecule has 32 heavy (non-hydrogen) atoms. The van der Waals surface area contributed by atoms with E-state index in [2.05, 4.69) is 5.32 Å². The average Bonchev–Trinajstić information content (AvgIpc) is 2.76. The number of hydrogen-bond acceptors (Lipinski definition) is 4. The summed E-state index contributed by atoms with van der Waals surface area (Å²) in [7, 11) is -2.56. The highest BCUT2D eigenvalue weighted by molar-refractivity contribution is 7.89. The first kappa shape index (κ1) is 25.5. The molecule has 0 bridgehead atoms. The van der Waals surface area contributed by atoms with Crippen LogP contribution in [0.2, 0.25) is 0 Å². The van der Waals surface area contributed by atoms with Gasteiger partial charge in [-0.25, -0.2) is 12.8 Å². The highest BCUT2D eigenvalue weighted by atomic mass is 32.2. The zero-order valence-corrected chi connectivity index (χ0v) is 19.7. The molecule has 9 heteroatoms. The molecule has 0 aromatic heterocycles. The minimum atomic E-state index is -3.89. The molecule has 0 aliphatic heterocycles. The van der Waals surface area contributed by atoms with Gasteiger partial charge in [-0.3, -0.25) is 9.59 Å². The van der Waals surface area contributed by atoms with E-state index < -0.39 is 34.3 Å². The summed E-state index contributed by atoms with van der Waals surface area (Å²) in [5.41, 5.74) is 1.54. The van der Waals surface area contributed by atoms with Crippen LogP contribution < -0.4 is 5.32 Å². The second-order valence-corrected chi connectivity index (χ2v) is 9.73. The average molecular weight is 464 g/mol. The van der Waals surface area contributed by atoms with Crippen molar-refractivity contribution in [3.05, 3.63) is 65.5 Å². The number of halogens is 1. The van der Waals surface area contributed by atoms with Crippen molar-refractivity contribution in [2.24, 2.45) is 0 Å². The van der Waals surface area contributed by atoms with E-state index in [9.17, 15) is 22.4 Å². The van der Waals surface area contributed by atoms with Gasteiger partial charge in [0.1, 0.15) is 11.9 Å². The highest BCUT2D eigenvalue weighted by Gasteiger charge is 2.30. The molecule has 2 aromatic carbocycles. The second kappa shape index (κ2) is 11.2. The molecule has 2 aromatic rings. The standard InChI is InChI=1S/C23H30FN3O4S/c1-5-14-25-23(29)18(3)27(15-19-8-10-20(24)11-9-19)22(28)16-26(4)32(30,31)21-12-6-17(2)7-13-21/h6-13,18H,5,14-16H2,1-4H3,(H,25,29)/t18-/m1/s1. The molecule has 0 spiro atoms. The number of carbonyl (C=O) groups excluding carboxylic acids is 2. The van der Waals surface area contributed by atoms with Gasteiger partial charge in [0.05, 0.1) is 11.4 Å². The SMILES string of the molecule is CCCNC(=O)[C@@H](C)N(Cc1ccc(F)cc1)C(=O)CN(C)S(=O)(=O)c1ccc(C)cc1. The first-order valence-corrected chi connectivity index (χ1v) is 11.8. The summed E-state index contributed by atoms with van der Waals surface area (Å²) >= 11 is 0. The molecule has 0 aliphatic rings. The molecule has 0 radical (unpaired) electrons. The van der Waals surface area contributed by atoms with Crippen LogP contribution in [0.3, 0.4) is 0 Å². The fourth-order valence-corrected chi connectivity index (χ4v) is 4.14. The van der Waals surface area contributed by atoms with E-state index in [-0.39, 0.29) is 17.3 Å². The maximum absolute atomic E-state index is 13.3. The Morgan fingerprint density at radius 1 is 1.06 bits per heavy atom. The van der Waals surface area contributed by atoms with Gasteiger partial charge in [-0.1, -0.05) is 36.8 Å². The molecule has 0 saturated carbocycles. The van der Waals surface area contributed by atoms with Crippen molar-refractivity contribution in [1.82, 2.24) is 14.5 Å². The maximum Gasteiger partial charge on any atom is 0.243 e. The minimum Gasteiger partial charge on any atom is -0.354 e. The first-order chi connectivity index (χ1) is 15.1. The topological polar surface area (TPSA) is 86.8 Å². The van der Waals surface area contributed by atoms with Crippen LogP contribution in [0.25, 0.3) is 0 Å². The van der Waals surface area contributed by atoms with Crippen molar-refractivity contribution in [3.8, 4) is 0 Å². The van der Waals surface area contributed by atoms with E-state index in [1.807, 2.05) is 13.8 Å². The number of sulfonamides is 1. The summed E-state index contributed by atoms with van der Waals surface area (Å²) in [6, 6.07) is 11.1. The lowest BCUT2D eigenvalue weighted by Crippen LogP contribution is -2.50. The Kier molecular flexibility index (Phi) is 8.91. The van der Waals surface area contributed by atoms with E-state index in [4.69, 9.17) is 0 Å². The summed E-state index contributed by atoms with van der Waals surface area (Å²) in [5, 5.41) is 2.75. The Morgan fingerprint density at radius 3 is 2.22 bits per heavy atom. The zero-order chi connectivity index (χ0) is 23.9. The lowest BCUT2D eigenvalue weighted by Gasteiger charge is -2.30. The summed E-state index contributed by atoms with van der Waals surface area (Å²) < 4.78 is 40.0. The van der Waals surface area contributed by atoms with Gasteiger partial charge in [0, 0.05) is 20.1 Å². The number of hydrogen-bond donors (Lipinski definition) is 1. The molecule has 2 amide bonds. The Balaban J connectivity index is 2.24. The summed E-state index contributed by atoms with van der Waals surface area (Å²) in [6.07, 6.45) is 0.738. The number of rotatable bonds is 10. The lowest BCUT2D eigenvalue weighted by molar-refractivity contribution is -0.140. The van der Waals surface area contributed by atoms with Gasteiger partial charge >= 0.3 is 0 Å². The van der Waals surface area contributed by atoms with Crippen molar-refractivity contribution < 1.29 is 22.4 Å². The quantitative estimate of drug-likeness (QED) is 0.587. The molecular formula is C23H30FN3O4S. The third-order valence-electron chi connectivity index (χ3n) is 5.07. The molecular weight excluding hydrogens is 433 g/mol. The number of nitrogens with one attached hydrogen (secondary N) is 1. The van der Waals surface area contributed by atoms with E-state index in [0.717, 1.165) is 16.3 Å². The van der Waals surface area contributed by atoms with Crippen LogP contribution in [-0.2, 0) is 26.2 Å². The van der Waals surface area contributed by atoms with Crippen LogP contribution >= 0.6 is 0 Å². The van der Waals surface area contributed by atoms with E-state index in [1.165, 1.54) is 48.3 Å². The normalized spacial score (nSPS) is 12.4. The van der Waals surface area contributed by atoms with Gasteiger partial charge in [0.2, 0.25) is 21.8 Å². The van der Waals surface area contributed by atoms with Gasteiger partial charge in [0.25, 0.3) is 0 Å². The number of likely N-dealkylation sites (N-methyl/N-ethyl adjacent to an activating group) is 1. The third kappa shape index (κ3) is 6.61. The van der Waals surface area contributed by atoms with Gasteiger partial charge in [0.15, 0.2) is 0 Å². The minimum absolute atomic E-state index is 0.0399. The van der Waals surface area contributed by atoms with Gasteiger partial charge < -0.3 is 10.2 Å². The lowest BCUT2D eigenvalue weighted by atomic mass is 10.1. The van der Waals surface area contributed by atoms with E-state index in [0.29, 0.717) is 12.1 Å². The van der Waals surface area contributed by atoms with Crippen LogP contribution in [-0.4, -0.2) is 55.6 Å². The molecule has 0 fully saturated rings. The molecule has 0 saturated heterocycles. The van der Waals surface area contributed by atoms with Crippen molar-refractivity contribution >= 4 is 21.8 Å². The molecule has 1 atom stereocenters. The number of amides is 2. The van der Waals surface area contributed by atoms with Crippen molar-refractivity contribution in [3.63, 3.8) is 0 Å². The Morgan fingerprint density at radius 2 is 1.66 bits per heavy atom. The summed E-state index contributed by atoms with van der Waals surface area (Å²) in [6.45, 7) is 5.41. The zero-order valence-electron chi connectivity index (χ0n) is 18.8. The Bertz CT molecular complexity index is 1020. The molecule has 0 aliphatic carbocycles. The number of benzene rings is 2. The van der Waals surface area contributed by atoms with E-state index in [1.54, 1.807) is 19.1 Å². The molecule has 7 nitrogen and oxygen atoms in total. The fourth-order valence-electron chi connectivity index (χ4n) is 3.02. The van der Waals surface area contributed by atoms with Crippen molar-refractivity contribution in [1.29, 1.82) is 0 Å². The Labute approximate surface area is 189 Å². The van der Waals surface area contributed by atoms with E-state index >= 15 is 0 Å². The smallest absolute Gasteiger partial charge is 0.243 e. The number of carbonyl (C=O) groups is 2. The summed E-state index contributed by atoms with van der Waals surface area (Å²) in [4.78, 5) is 27.1. The van der Waals surface area contributed by atoms with Crippen molar-refractivity contribution in [2.75, 3.05) is 20.1 Å². The Hall–Kier alpha value is -2.78. The van der Waals surface area contributed by atoms with Crippen LogP contribution in [0.15, 0.2) is 53.4 Å². The molecule has 0 unspecified atom stereocenters. The van der Waals surface area contributed by atoms with Crippen LogP contribution in [0.4, 0.5) is 4.39 Å². The highest BCUT2D eigenvalue weighted by Crippen LogP contribution is 2.17. The number of aryl methyl sites for hydroxylation is 1. The maximum atomic E-state index is 13.3. The molecule has 2 rings (SSSR count).